The maximum absolute atomic E-state index is 11.9. The highest BCUT2D eigenvalue weighted by Gasteiger charge is 2.02. The number of carbonyl (C=O) groups is 1. The van der Waals surface area contributed by atoms with Crippen molar-refractivity contribution >= 4 is 44.9 Å². The molecular weight excluding hydrogens is 322 g/mol. The van der Waals surface area contributed by atoms with E-state index in [0.29, 0.717) is 0 Å². The van der Waals surface area contributed by atoms with E-state index >= 15 is 0 Å². The van der Waals surface area contributed by atoms with Crippen LogP contribution in [0.25, 0.3) is 6.08 Å². The van der Waals surface area contributed by atoms with Crippen LogP contribution < -0.4 is 5.32 Å². The fourth-order valence-corrected chi connectivity index (χ4v) is 3.03. The van der Waals surface area contributed by atoms with Crippen molar-refractivity contribution in [2.24, 2.45) is 0 Å². The summed E-state index contributed by atoms with van der Waals surface area (Å²) in [5, 5.41) is 2.91. The fourth-order valence-electron chi connectivity index (χ4n) is 1.70. The van der Waals surface area contributed by atoms with Crippen LogP contribution in [0.3, 0.4) is 0 Å². The Hall–Kier alpha value is -1.39. The summed E-state index contributed by atoms with van der Waals surface area (Å²) in [4.78, 5) is 12.9. The van der Waals surface area contributed by atoms with Crippen LogP contribution >= 0.6 is 27.3 Å². The highest BCUT2D eigenvalue weighted by atomic mass is 79.9. The standard InChI is InChI=1S/C15H14BrNOS/c1-2-11-5-3-4-6-13(11)17-15(18)10-8-12-7-9-14(16)19-12/h3-10H,2H2,1H3,(H,17,18). The van der Waals surface area contributed by atoms with Crippen molar-refractivity contribution in [2.75, 3.05) is 5.32 Å². The number of rotatable bonds is 4. The zero-order chi connectivity index (χ0) is 13.7. The summed E-state index contributed by atoms with van der Waals surface area (Å²) in [7, 11) is 0. The van der Waals surface area contributed by atoms with Crippen LogP contribution in [0.5, 0.6) is 0 Å². The number of nitrogens with one attached hydrogen (secondary N) is 1. The minimum absolute atomic E-state index is 0.106. The van der Waals surface area contributed by atoms with Gasteiger partial charge >= 0.3 is 0 Å². The molecule has 1 amide bonds. The number of aryl methyl sites for hydroxylation is 1. The molecule has 0 radical (unpaired) electrons. The molecule has 0 aliphatic rings. The zero-order valence-corrected chi connectivity index (χ0v) is 12.9. The van der Waals surface area contributed by atoms with Gasteiger partial charge in [-0.2, -0.15) is 0 Å². The van der Waals surface area contributed by atoms with Gasteiger partial charge in [0.05, 0.1) is 3.79 Å². The summed E-state index contributed by atoms with van der Waals surface area (Å²) < 4.78 is 1.06. The first-order chi connectivity index (χ1) is 9.19. The number of hydrogen-bond acceptors (Lipinski definition) is 2. The number of para-hydroxylation sites is 1. The van der Waals surface area contributed by atoms with Crippen LogP contribution in [0.4, 0.5) is 5.69 Å². The maximum Gasteiger partial charge on any atom is 0.248 e. The molecule has 2 nitrogen and oxygen atoms in total. The second-order valence-corrected chi connectivity index (χ2v) is 6.47. The Morgan fingerprint density at radius 2 is 2.11 bits per heavy atom. The summed E-state index contributed by atoms with van der Waals surface area (Å²) in [5.74, 6) is -0.106. The fraction of sp³-hybridized carbons (Fsp3) is 0.133. The first-order valence-electron chi connectivity index (χ1n) is 6.01. The molecule has 0 saturated heterocycles. The van der Waals surface area contributed by atoms with Crippen molar-refractivity contribution < 1.29 is 4.79 Å². The van der Waals surface area contributed by atoms with E-state index < -0.39 is 0 Å². The third-order valence-corrected chi connectivity index (χ3v) is 4.24. The monoisotopic (exact) mass is 335 g/mol. The van der Waals surface area contributed by atoms with Crippen molar-refractivity contribution in [1.29, 1.82) is 0 Å². The molecule has 0 aliphatic carbocycles. The molecule has 0 fully saturated rings. The molecule has 19 heavy (non-hydrogen) atoms. The van der Waals surface area contributed by atoms with E-state index in [0.717, 1.165) is 26.3 Å². The van der Waals surface area contributed by atoms with Crippen LogP contribution in [0, 0.1) is 0 Å². The molecule has 0 atom stereocenters. The molecule has 4 heteroatoms. The quantitative estimate of drug-likeness (QED) is 0.804. The lowest BCUT2D eigenvalue weighted by atomic mass is 10.1. The first-order valence-corrected chi connectivity index (χ1v) is 7.62. The molecule has 2 rings (SSSR count). The normalized spacial score (nSPS) is 10.8. The van der Waals surface area contributed by atoms with Gasteiger partial charge in [-0.1, -0.05) is 25.1 Å². The molecule has 0 bridgehead atoms. The average molecular weight is 336 g/mol. The van der Waals surface area contributed by atoms with Gasteiger partial charge in [0.25, 0.3) is 0 Å². The molecule has 0 aliphatic heterocycles. The Balaban J connectivity index is 2.03. The first kappa shape index (κ1) is 14.0. The van der Waals surface area contributed by atoms with Gasteiger partial charge in [0, 0.05) is 16.6 Å². The van der Waals surface area contributed by atoms with Gasteiger partial charge in [0.1, 0.15) is 0 Å². The van der Waals surface area contributed by atoms with Gasteiger partial charge in [-0.05, 0) is 52.2 Å². The van der Waals surface area contributed by atoms with E-state index in [1.807, 2.05) is 42.5 Å². The Morgan fingerprint density at radius 3 is 2.79 bits per heavy atom. The van der Waals surface area contributed by atoms with Crippen molar-refractivity contribution in [3.63, 3.8) is 0 Å². The van der Waals surface area contributed by atoms with E-state index in [9.17, 15) is 4.79 Å². The van der Waals surface area contributed by atoms with Crippen LogP contribution in [-0.2, 0) is 11.2 Å². The lowest BCUT2D eigenvalue weighted by Gasteiger charge is -2.07. The van der Waals surface area contributed by atoms with Gasteiger partial charge in [-0.3, -0.25) is 4.79 Å². The van der Waals surface area contributed by atoms with Crippen LogP contribution in [0.15, 0.2) is 46.3 Å². The molecule has 98 valence electrons. The highest BCUT2D eigenvalue weighted by molar-refractivity contribution is 9.11. The second-order valence-electron chi connectivity index (χ2n) is 3.98. The lowest BCUT2D eigenvalue weighted by molar-refractivity contribution is -0.111. The Morgan fingerprint density at radius 1 is 1.32 bits per heavy atom. The van der Waals surface area contributed by atoms with Crippen LogP contribution in [0.2, 0.25) is 0 Å². The summed E-state index contributed by atoms with van der Waals surface area (Å²) in [6.07, 6.45) is 4.28. The van der Waals surface area contributed by atoms with Crippen molar-refractivity contribution in [2.45, 2.75) is 13.3 Å². The van der Waals surface area contributed by atoms with E-state index in [2.05, 4.69) is 28.2 Å². The molecule has 1 heterocycles. The number of carbonyl (C=O) groups excluding carboxylic acids is 1. The number of hydrogen-bond donors (Lipinski definition) is 1. The third-order valence-electron chi connectivity index (χ3n) is 2.65. The van der Waals surface area contributed by atoms with Crippen molar-refractivity contribution in [3.8, 4) is 0 Å². The van der Waals surface area contributed by atoms with Gasteiger partial charge in [-0.15, -0.1) is 11.3 Å². The molecule has 1 aromatic heterocycles. The summed E-state index contributed by atoms with van der Waals surface area (Å²) in [6.45, 7) is 2.07. The second kappa shape index (κ2) is 6.68. The molecule has 2 aromatic rings. The Labute approximate surface area is 125 Å². The van der Waals surface area contributed by atoms with E-state index in [-0.39, 0.29) is 5.91 Å². The highest BCUT2D eigenvalue weighted by Crippen LogP contribution is 2.23. The minimum atomic E-state index is -0.106. The van der Waals surface area contributed by atoms with Gasteiger partial charge in [0.15, 0.2) is 0 Å². The SMILES string of the molecule is CCc1ccccc1NC(=O)C=Cc1ccc(Br)s1. The Kier molecular flexibility index (Phi) is 4.93. The lowest BCUT2D eigenvalue weighted by Crippen LogP contribution is -2.09. The summed E-state index contributed by atoms with van der Waals surface area (Å²) in [6, 6.07) is 11.8. The third kappa shape index (κ3) is 4.04. The zero-order valence-electron chi connectivity index (χ0n) is 10.5. The van der Waals surface area contributed by atoms with Gasteiger partial charge < -0.3 is 5.32 Å². The number of anilines is 1. The van der Waals surface area contributed by atoms with Crippen LogP contribution in [-0.4, -0.2) is 5.91 Å². The molecule has 0 spiro atoms. The van der Waals surface area contributed by atoms with E-state index in [1.165, 1.54) is 0 Å². The van der Waals surface area contributed by atoms with Crippen LogP contribution in [0.1, 0.15) is 17.4 Å². The molecule has 1 aromatic carbocycles. The molecular formula is C15H14BrNOS. The number of amides is 1. The van der Waals surface area contributed by atoms with Gasteiger partial charge in [0.2, 0.25) is 5.91 Å². The van der Waals surface area contributed by atoms with E-state index in [4.69, 9.17) is 0 Å². The van der Waals surface area contributed by atoms with Crippen molar-refractivity contribution in [1.82, 2.24) is 0 Å². The average Bonchev–Trinajstić information content (AvgIpc) is 2.83. The van der Waals surface area contributed by atoms with Crippen molar-refractivity contribution in [3.05, 3.63) is 56.7 Å². The van der Waals surface area contributed by atoms with E-state index in [1.54, 1.807) is 17.4 Å². The minimum Gasteiger partial charge on any atom is -0.322 e. The maximum atomic E-state index is 11.9. The predicted octanol–water partition coefficient (Wildman–Crippen LogP) is 4.72. The summed E-state index contributed by atoms with van der Waals surface area (Å²) >= 11 is 4.99. The number of benzene rings is 1. The summed E-state index contributed by atoms with van der Waals surface area (Å²) in [5.41, 5.74) is 2.02. The number of thiophene rings is 1. The molecule has 0 unspecified atom stereocenters. The van der Waals surface area contributed by atoms with Gasteiger partial charge in [-0.25, -0.2) is 0 Å². The largest absolute Gasteiger partial charge is 0.322 e. The topological polar surface area (TPSA) is 29.1 Å². The smallest absolute Gasteiger partial charge is 0.248 e. The Bertz CT molecular complexity index is 604. The molecule has 1 N–H and O–H groups in total. The number of halogens is 1. The molecule has 0 saturated carbocycles. The predicted molar refractivity (Wildman–Crippen MR) is 85.5 cm³/mol.